The van der Waals surface area contributed by atoms with Crippen molar-refractivity contribution in [3.8, 4) is 0 Å². The van der Waals surface area contributed by atoms with Gasteiger partial charge in [0, 0.05) is 0 Å². The second-order valence-electron chi connectivity index (χ2n) is 4.72. The first-order valence-corrected chi connectivity index (χ1v) is 4.79. The van der Waals surface area contributed by atoms with Crippen molar-refractivity contribution >= 4 is 0 Å². The molecule has 3 fully saturated rings. The maximum atomic E-state index is 2.48. The summed E-state index contributed by atoms with van der Waals surface area (Å²) in [6.07, 6.45) is 4.65. The molecule has 0 aromatic rings. The molecule has 10 heavy (non-hydrogen) atoms. The second kappa shape index (κ2) is 1.31. The summed E-state index contributed by atoms with van der Waals surface area (Å²) in [6.45, 7) is 4.96. The van der Waals surface area contributed by atoms with Crippen LogP contribution in [0, 0.1) is 29.1 Å². The van der Waals surface area contributed by atoms with E-state index in [0.29, 0.717) is 0 Å². The monoisotopic (exact) mass is 136 g/mol. The van der Waals surface area contributed by atoms with E-state index < -0.39 is 0 Å². The summed E-state index contributed by atoms with van der Waals surface area (Å²) < 4.78 is 0. The zero-order valence-electron chi connectivity index (χ0n) is 6.93. The highest BCUT2D eigenvalue weighted by atomic mass is 14.8. The molecular weight excluding hydrogens is 120 g/mol. The van der Waals surface area contributed by atoms with Crippen LogP contribution in [0.15, 0.2) is 0 Å². The minimum Gasteiger partial charge on any atom is -0.0617 e. The normalized spacial score (nSPS) is 70.2. The molecule has 0 amide bonds. The smallest absolute Gasteiger partial charge is 0.0178 e. The molecule has 0 aliphatic heterocycles. The van der Waals surface area contributed by atoms with E-state index in [0.717, 1.165) is 17.3 Å². The van der Waals surface area contributed by atoms with Crippen LogP contribution in [0.3, 0.4) is 0 Å². The topological polar surface area (TPSA) is 0 Å². The fourth-order valence-electron chi connectivity index (χ4n) is 4.34. The SMILES string of the molecule is CC1C2CCCC3[C@@H](C)C123. The van der Waals surface area contributed by atoms with Gasteiger partial charge in [0.2, 0.25) is 0 Å². The summed E-state index contributed by atoms with van der Waals surface area (Å²) >= 11 is 0. The highest BCUT2D eigenvalue weighted by Crippen LogP contribution is 2.85. The Kier molecular flexibility index (Phi) is 0.735. The number of rotatable bonds is 0. The first-order valence-electron chi connectivity index (χ1n) is 4.79. The summed E-state index contributed by atoms with van der Waals surface area (Å²) in [4.78, 5) is 0. The van der Waals surface area contributed by atoms with Gasteiger partial charge in [-0.3, -0.25) is 0 Å². The molecule has 56 valence electrons. The summed E-state index contributed by atoms with van der Waals surface area (Å²) in [5.74, 6) is 4.55. The lowest BCUT2D eigenvalue weighted by Gasteiger charge is -2.04. The molecule has 0 radical (unpaired) electrons. The fourth-order valence-corrected chi connectivity index (χ4v) is 4.34. The predicted molar refractivity (Wildman–Crippen MR) is 41.6 cm³/mol. The van der Waals surface area contributed by atoms with Crippen molar-refractivity contribution in [3.63, 3.8) is 0 Å². The molecule has 0 bridgehead atoms. The van der Waals surface area contributed by atoms with Gasteiger partial charge < -0.3 is 0 Å². The van der Waals surface area contributed by atoms with Gasteiger partial charge in [0.05, 0.1) is 0 Å². The van der Waals surface area contributed by atoms with E-state index in [9.17, 15) is 0 Å². The van der Waals surface area contributed by atoms with Crippen LogP contribution in [-0.4, -0.2) is 0 Å². The number of hydrogen-bond acceptors (Lipinski definition) is 0. The van der Waals surface area contributed by atoms with E-state index in [-0.39, 0.29) is 0 Å². The molecule has 0 saturated heterocycles. The Hall–Kier alpha value is 0. The van der Waals surface area contributed by atoms with Crippen LogP contribution in [0.5, 0.6) is 0 Å². The molecule has 0 heterocycles. The third-order valence-corrected chi connectivity index (χ3v) is 4.88. The van der Waals surface area contributed by atoms with Crippen molar-refractivity contribution in [2.45, 2.75) is 33.1 Å². The van der Waals surface area contributed by atoms with Gasteiger partial charge in [-0.15, -0.1) is 0 Å². The molecule has 0 nitrogen and oxygen atoms in total. The minimum atomic E-state index is 0.929. The highest BCUT2D eigenvalue weighted by molar-refractivity contribution is 5.27. The van der Waals surface area contributed by atoms with Crippen molar-refractivity contribution in [1.82, 2.24) is 0 Å². The molecule has 4 unspecified atom stereocenters. The van der Waals surface area contributed by atoms with Crippen molar-refractivity contribution in [2.75, 3.05) is 0 Å². The second-order valence-corrected chi connectivity index (χ2v) is 4.72. The molecule has 0 aromatic heterocycles. The van der Waals surface area contributed by atoms with Crippen LogP contribution in [-0.2, 0) is 0 Å². The average Bonchev–Trinajstić information content (AvgIpc) is 2.74. The Balaban J connectivity index is 1.95. The third kappa shape index (κ3) is 0.339. The van der Waals surface area contributed by atoms with E-state index in [1.165, 1.54) is 18.3 Å². The summed E-state index contributed by atoms with van der Waals surface area (Å²) in [7, 11) is 0. The average molecular weight is 136 g/mol. The van der Waals surface area contributed by atoms with Gasteiger partial charge in [-0.1, -0.05) is 20.3 Å². The highest BCUT2D eigenvalue weighted by Gasteiger charge is 2.80. The molecule has 5 atom stereocenters. The minimum absolute atomic E-state index is 0.929. The van der Waals surface area contributed by atoms with Gasteiger partial charge in [0.25, 0.3) is 0 Å². The maximum absolute atomic E-state index is 2.48. The van der Waals surface area contributed by atoms with Crippen molar-refractivity contribution in [3.05, 3.63) is 0 Å². The number of hydrogen-bond donors (Lipinski definition) is 0. The standard InChI is InChI=1S/C10H16/c1-6-8-4-3-5-9-7(2)10(6,8)9/h6-9H,3-5H2,1-2H3/t6-,7?,8?,9?,10?/m1/s1. The molecule has 3 aliphatic rings. The molecule has 0 aromatic carbocycles. The van der Waals surface area contributed by atoms with E-state index >= 15 is 0 Å². The van der Waals surface area contributed by atoms with Crippen LogP contribution in [0.1, 0.15) is 33.1 Å². The Morgan fingerprint density at radius 3 is 1.90 bits per heavy atom. The van der Waals surface area contributed by atoms with Gasteiger partial charge in [-0.2, -0.15) is 0 Å². The third-order valence-electron chi connectivity index (χ3n) is 4.88. The zero-order chi connectivity index (χ0) is 6.93. The molecule has 3 saturated carbocycles. The molecule has 0 N–H and O–H groups in total. The quantitative estimate of drug-likeness (QED) is 0.480. The Morgan fingerprint density at radius 2 is 1.50 bits per heavy atom. The van der Waals surface area contributed by atoms with Gasteiger partial charge in [0.1, 0.15) is 0 Å². The van der Waals surface area contributed by atoms with Gasteiger partial charge in [-0.05, 0) is 41.9 Å². The first kappa shape index (κ1) is 5.62. The van der Waals surface area contributed by atoms with Gasteiger partial charge in [-0.25, -0.2) is 0 Å². The van der Waals surface area contributed by atoms with Gasteiger partial charge in [0.15, 0.2) is 0 Å². The predicted octanol–water partition coefficient (Wildman–Crippen LogP) is 2.69. The molecule has 3 aliphatic carbocycles. The largest absolute Gasteiger partial charge is 0.0617 e. The van der Waals surface area contributed by atoms with Gasteiger partial charge >= 0.3 is 0 Å². The summed E-state index contributed by atoms with van der Waals surface area (Å²) in [5, 5.41) is 0. The van der Waals surface area contributed by atoms with E-state index in [1.54, 1.807) is 12.8 Å². The van der Waals surface area contributed by atoms with E-state index in [2.05, 4.69) is 13.8 Å². The van der Waals surface area contributed by atoms with E-state index in [4.69, 9.17) is 0 Å². The lowest BCUT2D eigenvalue weighted by molar-refractivity contribution is 0.468. The van der Waals surface area contributed by atoms with Crippen LogP contribution in [0.2, 0.25) is 0 Å². The maximum Gasteiger partial charge on any atom is -0.0178 e. The molecule has 3 rings (SSSR count). The Labute approximate surface area is 63.0 Å². The van der Waals surface area contributed by atoms with Crippen LogP contribution < -0.4 is 0 Å². The van der Waals surface area contributed by atoms with Crippen molar-refractivity contribution in [2.24, 2.45) is 29.1 Å². The Morgan fingerprint density at radius 1 is 1.00 bits per heavy atom. The van der Waals surface area contributed by atoms with Crippen molar-refractivity contribution in [1.29, 1.82) is 0 Å². The molecule has 0 heteroatoms. The molecule has 1 spiro atoms. The lowest BCUT2D eigenvalue weighted by atomic mass is 10.0. The summed E-state index contributed by atoms with van der Waals surface area (Å²) in [5.41, 5.74) is 0.929. The summed E-state index contributed by atoms with van der Waals surface area (Å²) in [6, 6.07) is 0. The zero-order valence-corrected chi connectivity index (χ0v) is 6.93. The van der Waals surface area contributed by atoms with Crippen LogP contribution in [0.4, 0.5) is 0 Å². The fraction of sp³-hybridized carbons (Fsp3) is 1.00. The Bertz CT molecular complexity index is 162. The van der Waals surface area contributed by atoms with Crippen LogP contribution >= 0.6 is 0 Å². The first-order chi connectivity index (χ1) is 4.79. The lowest BCUT2D eigenvalue weighted by Crippen LogP contribution is -1.93. The van der Waals surface area contributed by atoms with Crippen molar-refractivity contribution < 1.29 is 0 Å². The van der Waals surface area contributed by atoms with E-state index in [1.807, 2.05) is 0 Å². The van der Waals surface area contributed by atoms with Crippen LogP contribution in [0.25, 0.3) is 0 Å². The molecular formula is C10H16.